The van der Waals surface area contributed by atoms with E-state index in [2.05, 4.69) is 5.32 Å². The highest BCUT2D eigenvalue weighted by atomic mass is 16.4. The van der Waals surface area contributed by atoms with Gasteiger partial charge in [0.25, 0.3) is 0 Å². The fourth-order valence-corrected chi connectivity index (χ4v) is 0.943. The molecule has 0 aromatic carbocycles. The Morgan fingerprint density at radius 2 is 2.08 bits per heavy atom. The molecule has 1 amide bonds. The lowest BCUT2D eigenvalue weighted by Crippen LogP contribution is -2.35. The molecule has 3 atom stereocenters. The predicted molar refractivity (Wildman–Crippen MR) is 42.5 cm³/mol. The van der Waals surface area contributed by atoms with Gasteiger partial charge in [0, 0.05) is 6.04 Å². The van der Waals surface area contributed by atoms with Crippen molar-refractivity contribution in [1.29, 1.82) is 0 Å². The molecule has 0 aliphatic heterocycles. The third-order valence-corrected chi connectivity index (χ3v) is 2.20. The Bertz CT molecular complexity index is 214. The van der Waals surface area contributed by atoms with E-state index in [1.165, 1.54) is 6.92 Å². The molecule has 0 radical (unpaired) electrons. The zero-order valence-electron chi connectivity index (χ0n) is 7.20. The van der Waals surface area contributed by atoms with Crippen LogP contribution in [0.1, 0.15) is 20.3 Å². The molecule has 0 heterocycles. The van der Waals surface area contributed by atoms with E-state index < -0.39 is 11.9 Å². The quantitative estimate of drug-likeness (QED) is 0.597. The van der Waals surface area contributed by atoms with Crippen LogP contribution in [0.3, 0.4) is 0 Å². The van der Waals surface area contributed by atoms with Crippen molar-refractivity contribution in [1.82, 2.24) is 5.32 Å². The number of amides is 1. The topological polar surface area (TPSA) is 66.4 Å². The predicted octanol–water partition coefficient (Wildman–Crippen LogP) is 0.232. The molecule has 0 saturated heterocycles. The molecule has 0 spiro atoms. The van der Waals surface area contributed by atoms with Crippen molar-refractivity contribution >= 4 is 11.9 Å². The molecule has 4 nitrogen and oxygen atoms in total. The number of aliphatic carboxylic acids is 1. The molecular weight excluding hydrogens is 158 g/mol. The lowest BCUT2D eigenvalue weighted by atomic mass is 10.2. The molecule has 12 heavy (non-hydrogen) atoms. The van der Waals surface area contributed by atoms with Crippen LogP contribution in [0.15, 0.2) is 0 Å². The number of hydrogen-bond donors (Lipinski definition) is 2. The third kappa shape index (κ3) is 1.96. The van der Waals surface area contributed by atoms with Crippen molar-refractivity contribution in [2.45, 2.75) is 26.3 Å². The molecule has 1 saturated carbocycles. The summed E-state index contributed by atoms with van der Waals surface area (Å²) in [4.78, 5) is 21.5. The van der Waals surface area contributed by atoms with Gasteiger partial charge in [-0.05, 0) is 19.3 Å². The van der Waals surface area contributed by atoms with Gasteiger partial charge in [0.1, 0.15) is 5.92 Å². The van der Waals surface area contributed by atoms with Crippen molar-refractivity contribution in [3.05, 3.63) is 0 Å². The molecule has 1 fully saturated rings. The minimum Gasteiger partial charge on any atom is -0.481 e. The fraction of sp³-hybridized carbons (Fsp3) is 0.750. The number of carboxylic acid groups (broad SMARTS) is 1. The first-order chi connectivity index (χ1) is 5.52. The van der Waals surface area contributed by atoms with Crippen LogP contribution in [0.5, 0.6) is 0 Å². The maximum atomic E-state index is 11.1. The van der Waals surface area contributed by atoms with Crippen LogP contribution in [0, 0.1) is 11.8 Å². The normalized spacial score (nSPS) is 29.2. The monoisotopic (exact) mass is 171 g/mol. The lowest BCUT2D eigenvalue weighted by Gasteiger charge is -2.06. The van der Waals surface area contributed by atoms with Gasteiger partial charge in [0.2, 0.25) is 5.91 Å². The summed E-state index contributed by atoms with van der Waals surface area (Å²) in [6.07, 6.45) is 0.970. The standard InChI is InChI=1S/C8H13NO3/c1-4-3-6(4)9-7(10)5(2)8(11)12/h4-6H,3H2,1-2H3,(H,9,10)(H,11,12). The van der Waals surface area contributed by atoms with Crippen LogP contribution in [0.4, 0.5) is 0 Å². The van der Waals surface area contributed by atoms with E-state index in [0.717, 1.165) is 6.42 Å². The largest absolute Gasteiger partial charge is 0.481 e. The molecule has 1 aliphatic rings. The van der Waals surface area contributed by atoms with Crippen LogP contribution in [-0.4, -0.2) is 23.0 Å². The fourth-order valence-electron chi connectivity index (χ4n) is 0.943. The van der Waals surface area contributed by atoms with E-state index in [0.29, 0.717) is 5.92 Å². The minimum absolute atomic E-state index is 0.208. The second-order valence-electron chi connectivity index (χ2n) is 3.39. The van der Waals surface area contributed by atoms with E-state index in [1.807, 2.05) is 6.92 Å². The van der Waals surface area contributed by atoms with Crippen LogP contribution < -0.4 is 5.32 Å². The van der Waals surface area contributed by atoms with Crippen molar-refractivity contribution in [3.8, 4) is 0 Å². The summed E-state index contributed by atoms with van der Waals surface area (Å²) in [5, 5.41) is 11.2. The maximum Gasteiger partial charge on any atom is 0.315 e. The van der Waals surface area contributed by atoms with Crippen LogP contribution in [-0.2, 0) is 9.59 Å². The summed E-state index contributed by atoms with van der Waals surface area (Å²) >= 11 is 0. The van der Waals surface area contributed by atoms with Crippen molar-refractivity contribution in [3.63, 3.8) is 0 Å². The number of hydrogen-bond acceptors (Lipinski definition) is 2. The van der Waals surface area contributed by atoms with E-state index in [-0.39, 0.29) is 11.9 Å². The Labute approximate surface area is 71.0 Å². The Morgan fingerprint density at radius 3 is 2.42 bits per heavy atom. The summed E-state index contributed by atoms with van der Waals surface area (Å²) in [6, 6.07) is 0.208. The first-order valence-corrected chi connectivity index (χ1v) is 4.05. The zero-order valence-corrected chi connectivity index (χ0v) is 7.20. The highest BCUT2D eigenvalue weighted by Crippen LogP contribution is 2.29. The van der Waals surface area contributed by atoms with Gasteiger partial charge < -0.3 is 10.4 Å². The number of carbonyl (C=O) groups is 2. The summed E-state index contributed by atoms with van der Waals surface area (Å²) in [7, 11) is 0. The first kappa shape index (κ1) is 9.03. The van der Waals surface area contributed by atoms with Gasteiger partial charge in [-0.1, -0.05) is 6.92 Å². The highest BCUT2D eigenvalue weighted by Gasteiger charge is 2.35. The Morgan fingerprint density at radius 1 is 1.58 bits per heavy atom. The van der Waals surface area contributed by atoms with Crippen LogP contribution in [0.2, 0.25) is 0 Å². The minimum atomic E-state index is -1.07. The van der Waals surface area contributed by atoms with Gasteiger partial charge >= 0.3 is 5.97 Å². The second kappa shape index (κ2) is 3.13. The maximum absolute atomic E-state index is 11.1. The number of rotatable bonds is 3. The molecule has 68 valence electrons. The van der Waals surface area contributed by atoms with E-state index >= 15 is 0 Å². The number of nitrogens with one attached hydrogen (secondary N) is 1. The molecule has 3 unspecified atom stereocenters. The third-order valence-electron chi connectivity index (χ3n) is 2.20. The summed E-state index contributed by atoms with van der Waals surface area (Å²) in [5.74, 6) is -1.87. The molecule has 4 heteroatoms. The van der Waals surface area contributed by atoms with Crippen molar-refractivity contribution in [2.75, 3.05) is 0 Å². The average Bonchev–Trinajstić information content (AvgIpc) is 2.64. The second-order valence-corrected chi connectivity index (χ2v) is 3.39. The lowest BCUT2D eigenvalue weighted by molar-refractivity contribution is -0.146. The van der Waals surface area contributed by atoms with Gasteiger partial charge in [-0.15, -0.1) is 0 Å². The number of carboxylic acids is 1. The van der Waals surface area contributed by atoms with Crippen LogP contribution >= 0.6 is 0 Å². The van der Waals surface area contributed by atoms with Gasteiger partial charge in [0.05, 0.1) is 0 Å². The van der Waals surface area contributed by atoms with E-state index in [4.69, 9.17) is 5.11 Å². The highest BCUT2D eigenvalue weighted by molar-refractivity contribution is 5.96. The Kier molecular flexibility index (Phi) is 2.35. The first-order valence-electron chi connectivity index (χ1n) is 4.05. The van der Waals surface area contributed by atoms with Gasteiger partial charge in [-0.25, -0.2) is 0 Å². The van der Waals surface area contributed by atoms with Gasteiger partial charge in [0.15, 0.2) is 0 Å². The molecule has 0 aromatic rings. The zero-order chi connectivity index (χ0) is 9.30. The van der Waals surface area contributed by atoms with Gasteiger partial charge in [-0.2, -0.15) is 0 Å². The molecule has 0 bridgehead atoms. The van der Waals surface area contributed by atoms with E-state index in [1.54, 1.807) is 0 Å². The Balaban J connectivity index is 2.33. The molecule has 1 aliphatic carbocycles. The van der Waals surface area contributed by atoms with Crippen LogP contribution in [0.25, 0.3) is 0 Å². The summed E-state index contributed by atoms with van der Waals surface area (Å²) < 4.78 is 0. The molecular formula is C8H13NO3. The van der Waals surface area contributed by atoms with Crippen molar-refractivity contribution in [2.24, 2.45) is 11.8 Å². The average molecular weight is 171 g/mol. The Hall–Kier alpha value is -1.06. The molecule has 0 aromatic heterocycles. The number of carbonyl (C=O) groups excluding carboxylic acids is 1. The van der Waals surface area contributed by atoms with Gasteiger partial charge in [-0.3, -0.25) is 9.59 Å². The summed E-state index contributed by atoms with van der Waals surface area (Å²) in [5.41, 5.74) is 0. The molecule has 2 N–H and O–H groups in total. The smallest absolute Gasteiger partial charge is 0.315 e. The van der Waals surface area contributed by atoms with Crippen molar-refractivity contribution < 1.29 is 14.7 Å². The molecule has 1 rings (SSSR count). The summed E-state index contributed by atoms with van der Waals surface area (Å²) in [6.45, 7) is 3.42. The SMILES string of the molecule is CC(C(=O)O)C(=O)NC1CC1C. The van der Waals surface area contributed by atoms with E-state index in [9.17, 15) is 9.59 Å².